The number of ether oxygens (including phenoxy) is 1. The van der Waals surface area contributed by atoms with Crippen molar-refractivity contribution in [1.82, 2.24) is 9.97 Å². The van der Waals surface area contributed by atoms with E-state index in [1.807, 2.05) is 6.07 Å². The van der Waals surface area contributed by atoms with Crippen molar-refractivity contribution < 1.29 is 13.7 Å². The molecule has 1 aliphatic rings. The topological polar surface area (TPSA) is 76.1 Å². The van der Waals surface area contributed by atoms with Gasteiger partial charge in [0.2, 0.25) is 5.95 Å². The summed E-state index contributed by atoms with van der Waals surface area (Å²) < 4.78 is 32.2. The van der Waals surface area contributed by atoms with Gasteiger partial charge in [0.05, 0.1) is 19.0 Å². The van der Waals surface area contributed by atoms with Crippen molar-refractivity contribution >= 4 is 47.2 Å². The van der Waals surface area contributed by atoms with Crippen molar-refractivity contribution in [3.8, 4) is 5.75 Å². The van der Waals surface area contributed by atoms with Crippen LogP contribution in [0.4, 0.5) is 27.5 Å². The minimum atomic E-state index is -2.81. The van der Waals surface area contributed by atoms with Crippen LogP contribution in [0, 0.1) is 5.82 Å². The highest BCUT2D eigenvalue weighted by molar-refractivity contribution is 7.70. The third kappa shape index (κ3) is 5.48. The summed E-state index contributed by atoms with van der Waals surface area (Å²) in [6, 6.07) is 9.03. The molecule has 0 bridgehead atoms. The van der Waals surface area contributed by atoms with Gasteiger partial charge < -0.3 is 19.9 Å². The number of hydrogen-bond acceptors (Lipinski definition) is 6. The molecule has 0 amide bonds. The Hall–Kier alpha value is -2.63. The molecule has 0 spiro atoms. The average molecular weight is 489 g/mol. The molecule has 4 rings (SSSR count). The molecule has 0 saturated carbocycles. The van der Waals surface area contributed by atoms with Gasteiger partial charge in [-0.3, -0.25) is 0 Å². The summed E-state index contributed by atoms with van der Waals surface area (Å²) in [5, 5.41) is 6.96. The SMILES string of the molecule is COc1cc(Nc2nc(Nc3ccc4c(c3)CCCCC4)ncc2Cl)c(P(C)(C)=O)cc1F. The van der Waals surface area contributed by atoms with E-state index < -0.39 is 13.0 Å². The predicted octanol–water partition coefficient (Wildman–Crippen LogP) is 6.28. The Morgan fingerprint density at radius 3 is 2.55 bits per heavy atom. The molecule has 0 saturated heterocycles. The Morgan fingerprint density at radius 2 is 1.82 bits per heavy atom. The highest BCUT2D eigenvalue weighted by atomic mass is 35.5. The Kier molecular flexibility index (Phi) is 6.91. The molecule has 3 aromatic rings. The Morgan fingerprint density at radius 1 is 1.06 bits per heavy atom. The maximum absolute atomic E-state index is 14.3. The molecule has 2 aromatic carbocycles. The van der Waals surface area contributed by atoms with Crippen molar-refractivity contribution in [3.63, 3.8) is 0 Å². The smallest absolute Gasteiger partial charge is 0.229 e. The second kappa shape index (κ2) is 9.70. The van der Waals surface area contributed by atoms with E-state index in [9.17, 15) is 8.96 Å². The molecule has 33 heavy (non-hydrogen) atoms. The highest BCUT2D eigenvalue weighted by Crippen LogP contribution is 2.41. The fourth-order valence-corrected chi connectivity index (χ4v) is 5.27. The standard InChI is InChI=1S/C24H27ClFN4O2P/c1-32-21-13-20(22(12-19(21)26)33(2,3)31)29-23-18(25)14-27-24(30-23)28-17-10-9-15-7-5-4-6-8-16(15)11-17/h9-14H,4-8H2,1-3H3,(H2,27,28,29,30). The molecule has 1 heterocycles. The minimum Gasteiger partial charge on any atom is -0.494 e. The van der Waals surface area contributed by atoms with Crippen LogP contribution in [0.15, 0.2) is 36.5 Å². The number of halogens is 2. The van der Waals surface area contributed by atoms with Crippen LogP contribution < -0.4 is 20.7 Å². The Labute approximate surface area is 198 Å². The van der Waals surface area contributed by atoms with E-state index in [-0.39, 0.29) is 10.8 Å². The summed E-state index contributed by atoms with van der Waals surface area (Å²) in [5.41, 5.74) is 4.08. The van der Waals surface area contributed by atoms with Crippen LogP contribution in [-0.4, -0.2) is 30.4 Å². The van der Waals surface area contributed by atoms with E-state index >= 15 is 0 Å². The predicted molar refractivity (Wildman–Crippen MR) is 133 cm³/mol. The minimum absolute atomic E-state index is 0.0307. The first-order valence-electron chi connectivity index (χ1n) is 10.9. The first kappa shape index (κ1) is 23.5. The molecule has 0 radical (unpaired) electrons. The average Bonchev–Trinajstić information content (AvgIpc) is 3.01. The lowest BCUT2D eigenvalue weighted by Crippen LogP contribution is -2.13. The second-order valence-electron chi connectivity index (χ2n) is 8.54. The van der Waals surface area contributed by atoms with Crippen molar-refractivity contribution in [2.24, 2.45) is 0 Å². The zero-order valence-corrected chi connectivity index (χ0v) is 20.6. The van der Waals surface area contributed by atoms with Crippen molar-refractivity contribution in [3.05, 3.63) is 58.5 Å². The number of benzene rings is 2. The zero-order chi connectivity index (χ0) is 23.6. The summed E-state index contributed by atoms with van der Waals surface area (Å²) >= 11 is 6.34. The third-order valence-corrected chi connectivity index (χ3v) is 7.51. The fraction of sp³-hybridized carbons (Fsp3) is 0.333. The number of nitrogens with zero attached hydrogens (tertiary/aromatic N) is 2. The summed E-state index contributed by atoms with van der Waals surface area (Å²) in [5.74, 6) is 0.124. The van der Waals surface area contributed by atoms with Gasteiger partial charge in [-0.1, -0.05) is 24.1 Å². The van der Waals surface area contributed by atoms with Gasteiger partial charge in [-0.25, -0.2) is 9.37 Å². The first-order chi connectivity index (χ1) is 15.7. The third-order valence-electron chi connectivity index (χ3n) is 5.70. The molecular formula is C24H27ClFN4O2P. The lowest BCUT2D eigenvalue weighted by molar-refractivity contribution is 0.387. The highest BCUT2D eigenvalue weighted by Gasteiger charge is 2.21. The van der Waals surface area contributed by atoms with E-state index in [1.54, 1.807) is 13.3 Å². The maximum Gasteiger partial charge on any atom is 0.229 e. The summed E-state index contributed by atoms with van der Waals surface area (Å²) in [6.07, 6.45) is 7.36. The fourth-order valence-electron chi connectivity index (χ4n) is 4.00. The zero-order valence-electron chi connectivity index (χ0n) is 18.9. The van der Waals surface area contributed by atoms with Gasteiger partial charge in [-0.2, -0.15) is 4.98 Å². The van der Waals surface area contributed by atoms with Crippen LogP contribution in [-0.2, 0) is 17.4 Å². The van der Waals surface area contributed by atoms with E-state index in [2.05, 4.69) is 32.7 Å². The number of hydrogen-bond donors (Lipinski definition) is 2. The van der Waals surface area contributed by atoms with Gasteiger partial charge >= 0.3 is 0 Å². The van der Waals surface area contributed by atoms with Crippen molar-refractivity contribution in [1.29, 1.82) is 0 Å². The second-order valence-corrected chi connectivity index (χ2v) is 12.1. The van der Waals surface area contributed by atoms with E-state index in [1.165, 1.54) is 55.8 Å². The molecule has 2 N–H and O–H groups in total. The largest absolute Gasteiger partial charge is 0.494 e. The molecule has 0 aliphatic heterocycles. The maximum atomic E-state index is 14.3. The number of aromatic nitrogens is 2. The molecule has 6 nitrogen and oxygen atoms in total. The molecule has 0 unspecified atom stereocenters. The molecule has 9 heteroatoms. The van der Waals surface area contributed by atoms with Crippen LogP contribution in [0.1, 0.15) is 30.4 Å². The van der Waals surface area contributed by atoms with Gasteiger partial charge in [0.15, 0.2) is 17.4 Å². The van der Waals surface area contributed by atoms with E-state index in [4.69, 9.17) is 16.3 Å². The van der Waals surface area contributed by atoms with E-state index in [0.29, 0.717) is 22.8 Å². The van der Waals surface area contributed by atoms with Crippen LogP contribution in [0.5, 0.6) is 5.75 Å². The van der Waals surface area contributed by atoms with E-state index in [0.717, 1.165) is 18.5 Å². The lowest BCUT2D eigenvalue weighted by atomic mass is 10.0. The molecule has 174 valence electrons. The number of nitrogens with one attached hydrogen (secondary N) is 2. The molecule has 0 fully saturated rings. The number of fused-ring (bicyclic) bond motifs is 1. The van der Waals surface area contributed by atoms with Crippen LogP contribution in [0.2, 0.25) is 5.02 Å². The molecule has 1 aromatic heterocycles. The lowest BCUT2D eigenvalue weighted by Gasteiger charge is -2.17. The summed E-state index contributed by atoms with van der Waals surface area (Å²) in [6.45, 7) is 3.15. The van der Waals surface area contributed by atoms with Gasteiger partial charge in [0, 0.05) is 17.1 Å². The summed E-state index contributed by atoms with van der Waals surface area (Å²) in [7, 11) is -1.43. The van der Waals surface area contributed by atoms with Crippen molar-refractivity contribution in [2.45, 2.75) is 32.1 Å². The number of anilines is 4. The van der Waals surface area contributed by atoms with Gasteiger partial charge in [-0.05, 0) is 68.3 Å². The molecule has 0 atom stereocenters. The number of aryl methyl sites for hydroxylation is 2. The van der Waals surface area contributed by atoms with Gasteiger partial charge in [0.25, 0.3) is 0 Å². The monoisotopic (exact) mass is 488 g/mol. The quantitative estimate of drug-likeness (QED) is 0.314. The van der Waals surface area contributed by atoms with Crippen molar-refractivity contribution in [2.75, 3.05) is 31.1 Å². The number of rotatable bonds is 6. The number of methoxy groups -OCH3 is 1. The molecule has 1 aliphatic carbocycles. The van der Waals surface area contributed by atoms with Gasteiger partial charge in [0.1, 0.15) is 12.2 Å². The normalized spacial score (nSPS) is 13.7. The van der Waals surface area contributed by atoms with Gasteiger partial charge in [-0.15, -0.1) is 0 Å². The van der Waals surface area contributed by atoms with Crippen LogP contribution in [0.3, 0.4) is 0 Å². The van der Waals surface area contributed by atoms with Crippen LogP contribution in [0.25, 0.3) is 0 Å². The Balaban J connectivity index is 1.64. The Bertz CT molecular complexity index is 1230. The van der Waals surface area contributed by atoms with Crippen LogP contribution >= 0.6 is 18.7 Å². The first-order valence-corrected chi connectivity index (χ1v) is 13.8. The molecular weight excluding hydrogens is 462 g/mol. The summed E-state index contributed by atoms with van der Waals surface area (Å²) in [4.78, 5) is 8.80.